The number of aryl methyl sites for hydroxylation is 4. The molecule has 4 aromatic rings. The fourth-order valence-corrected chi connectivity index (χ4v) is 3.91. The zero-order valence-corrected chi connectivity index (χ0v) is 19.3. The minimum Gasteiger partial charge on any atom is -0.493 e. The van der Waals surface area contributed by atoms with E-state index in [4.69, 9.17) is 0 Å². The number of aromatic amines is 1. The number of hydrogen-bond donors (Lipinski definition) is 4. The summed E-state index contributed by atoms with van der Waals surface area (Å²) in [5.74, 6) is 0.225. The number of aliphatic hydroxyl groups excluding tert-OH is 2. The van der Waals surface area contributed by atoms with Gasteiger partial charge in [0.1, 0.15) is 5.52 Å². The second-order valence-electron chi connectivity index (χ2n) is 8.47. The van der Waals surface area contributed by atoms with Gasteiger partial charge in [0, 0.05) is 38.5 Å². The first-order valence-corrected chi connectivity index (χ1v) is 10.9. The number of aliphatic hydroxyl groups is 2. The lowest BCUT2D eigenvalue weighted by molar-refractivity contribution is 0.181. The lowest BCUT2D eigenvalue weighted by Crippen LogP contribution is -2.22. The summed E-state index contributed by atoms with van der Waals surface area (Å²) in [5.41, 5.74) is 4.47. The highest BCUT2D eigenvalue weighted by Crippen LogP contribution is 2.29. The Kier molecular flexibility index (Phi) is 6.34. The average molecular weight is 455 g/mol. The van der Waals surface area contributed by atoms with Crippen molar-refractivity contribution < 1.29 is 15.3 Å². The van der Waals surface area contributed by atoms with E-state index in [0.29, 0.717) is 34.7 Å². The molecular weight excluding hydrogens is 424 g/mol. The summed E-state index contributed by atoms with van der Waals surface area (Å²) in [4.78, 5) is 12.3. The van der Waals surface area contributed by atoms with Gasteiger partial charge in [-0.15, -0.1) is 0 Å². The number of aromatic nitrogens is 7. The van der Waals surface area contributed by atoms with Gasteiger partial charge in [-0.2, -0.15) is 10.2 Å². The van der Waals surface area contributed by atoms with E-state index in [0.717, 1.165) is 24.0 Å². The molecule has 0 radical (unpaired) electrons. The summed E-state index contributed by atoms with van der Waals surface area (Å²) in [6, 6.07) is 3.47. The van der Waals surface area contributed by atoms with Crippen LogP contribution in [0.4, 0.5) is 0 Å². The number of H-pyrrole nitrogens is 1. The summed E-state index contributed by atoms with van der Waals surface area (Å²) in [7, 11) is 3.51. The molecule has 0 saturated heterocycles. The number of nitrogens with one attached hydrogen (secondary N) is 1. The van der Waals surface area contributed by atoms with Gasteiger partial charge >= 0.3 is 0 Å². The Hall–Kier alpha value is -3.44. The molecule has 2 atom stereocenters. The fourth-order valence-electron chi connectivity index (χ4n) is 3.91. The van der Waals surface area contributed by atoms with Crippen LogP contribution in [0.2, 0.25) is 0 Å². The standard InChI is InChI=1S/C22H30N8O3/c1-13(12-31)6-5-7-30-20-18(11-24-28(20)3)26-22(30)27-19(32)15-8-14(2)25-17(9-15)16-10-23-29(4)21(16)33/h8-11,13,19,31-33H,5-7,12H2,1-4H3,(H,26,27)/t13-,19?/m0/s1. The normalized spacial score (nSPS) is 14.3. The molecule has 0 fully saturated rings. The van der Waals surface area contributed by atoms with Crippen LogP contribution in [0, 0.1) is 12.8 Å². The van der Waals surface area contributed by atoms with Gasteiger partial charge in [0.25, 0.3) is 0 Å². The number of pyridine rings is 1. The van der Waals surface area contributed by atoms with E-state index in [-0.39, 0.29) is 18.4 Å². The van der Waals surface area contributed by atoms with Crippen molar-refractivity contribution in [2.75, 3.05) is 6.61 Å². The predicted molar refractivity (Wildman–Crippen MR) is 122 cm³/mol. The monoisotopic (exact) mass is 454 g/mol. The zero-order chi connectivity index (χ0) is 23.7. The molecule has 0 aliphatic carbocycles. The van der Waals surface area contributed by atoms with Crippen LogP contribution in [0.5, 0.6) is 5.88 Å². The number of fused-ring (bicyclic) bond motifs is 1. The summed E-state index contributed by atoms with van der Waals surface area (Å²) in [6.45, 7) is 4.66. The maximum atomic E-state index is 11.0. The zero-order valence-electron chi connectivity index (χ0n) is 19.3. The van der Waals surface area contributed by atoms with Crippen molar-refractivity contribution >= 4 is 11.2 Å². The van der Waals surface area contributed by atoms with Gasteiger partial charge in [-0.25, -0.2) is 9.67 Å². The third kappa shape index (κ3) is 4.55. The van der Waals surface area contributed by atoms with Crippen LogP contribution in [0.3, 0.4) is 0 Å². The van der Waals surface area contributed by atoms with E-state index in [1.807, 2.05) is 25.5 Å². The molecular formula is C22H30N8O3. The molecule has 33 heavy (non-hydrogen) atoms. The molecule has 4 heterocycles. The molecule has 4 rings (SSSR count). The van der Waals surface area contributed by atoms with Gasteiger partial charge < -0.3 is 20.3 Å². The molecule has 0 saturated carbocycles. The Morgan fingerprint density at radius 3 is 2.61 bits per heavy atom. The fraction of sp³-hybridized carbons (Fsp3) is 0.455. The van der Waals surface area contributed by atoms with Crippen LogP contribution >= 0.6 is 0 Å². The Morgan fingerprint density at radius 2 is 1.91 bits per heavy atom. The summed E-state index contributed by atoms with van der Waals surface area (Å²) < 4.78 is 5.13. The van der Waals surface area contributed by atoms with Crippen molar-refractivity contribution in [1.29, 1.82) is 0 Å². The van der Waals surface area contributed by atoms with Crippen LogP contribution < -0.4 is 5.62 Å². The van der Waals surface area contributed by atoms with Gasteiger partial charge in [-0.3, -0.25) is 14.2 Å². The summed E-state index contributed by atoms with van der Waals surface area (Å²) >= 11 is 0. The molecule has 0 aromatic carbocycles. The van der Waals surface area contributed by atoms with Crippen LogP contribution in [0.25, 0.3) is 22.4 Å². The number of rotatable bonds is 8. The number of nitrogens with zero attached hydrogens (tertiary/aromatic N) is 7. The second-order valence-corrected chi connectivity index (χ2v) is 8.47. The third-order valence-corrected chi connectivity index (χ3v) is 5.76. The number of hydrogen-bond acceptors (Lipinski definition) is 7. The highest BCUT2D eigenvalue weighted by molar-refractivity contribution is 5.70. The van der Waals surface area contributed by atoms with Crippen molar-refractivity contribution in [2.45, 2.75) is 39.5 Å². The van der Waals surface area contributed by atoms with Gasteiger partial charge in [0.05, 0.1) is 23.7 Å². The smallest absolute Gasteiger partial charge is 0.218 e. The summed E-state index contributed by atoms with van der Waals surface area (Å²) in [6.07, 6.45) is 3.84. The van der Waals surface area contributed by atoms with E-state index < -0.39 is 6.23 Å². The molecule has 4 N–H and O–H groups in total. The molecule has 0 spiro atoms. The molecule has 176 valence electrons. The Bertz CT molecular complexity index is 1330. The Labute approximate surface area is 190 Å². The topological polar surface area (TPSA) is 142 Å². The van der Waals surface area contributed by atoms with Gasteiger partial charge in [0.2, 0.25) is 11.5 Å². The quantitative estimate of drug-likeness (QED) is 0.318. The summed E-state index contributed by atoms with van der Waals surface area (Å²) in [5, 5.41) is 38.9. The third-order valence-electron chi connectivity index (χ3n) is 5.76. The number of aromatic hydroxyl groups is 1. The molecule has 1 unspecified atom stereocenters. The van der Waals surface area contributed by atoms with Crippen LogP contribution in [-0.4, -0.2) is 56.0 Å². The first-order chi connectivity index (χ1) is 15.8. The maximum Gasteiger partial charge on any atom is 0.218 e. The molecule has 11 heteroatoms. The van der Waals surface area contributed by atoms with Crippen LogP contribution in [0.1, 0.15) is 37.3 Å². The van der Waals surface area contributed by atoms with E-state index >= 15 is 0 Å². The first-order valence-electron chi connectivity index (χ1n) is 10.9. The van der Waals surface area contributed by atoms with Crippen molar-refractivity contribution in [3.8, 4) is 17.1 Å². The average Bonchev–Trinajstić information content (AvgIpc) is 3.43. The highest BCUT2D eigenvalue weighted by atomic mass is 16.3. The SMILES string of the molecule is Cc1cc(C(O)/N=c2\[nH]c3cnn(C)c3n2CCC[C@H](C)CO)cc(-c2cnn(C)c2O)n1. The maximum absolute atomic E-state index is 11.0. The van der Waals surface area contributed by atoms with Gasteiger partial charge in [-0.1, -0.05) is 6.92 Å². The highest BCUT2D eigenvalue weighted by Gasteiger charge is 2.16. The molecule has 0 aliphatic heterocycles. The van der Waals surface area contributed by atoms with Crippen molar-refractivity contribution in [2.24, 2.45) is 25.0 Å². The molecule has 4 aromatic heterocycles. The second kappa shape index (κ2) is 9.20. The predicted octanol–water partition coefficient (Wildman–Crippen LogP) is 1.51. The van der Waals surface area contributed by atoms with Gasteiger partial charge in [0.15, 0.2) is 11.9 Å². The molecule has 0 bridgehead atoms. The Morgan fingerprint density at radius 1 is 1.15 bits per heavy atom. The minimum absolute atomic E-state index is 0.00328. The van der Waals surface area contributed by atoms with Crippen LogP contribution in [0.15, 0.2) is 29.5 Å². The molecule has 0 aliphatic rings. The lowest BCUT2D eigenvalue weighted by atomic mass is 10.1. The van der Waals surface area contributed by atoms with Crippen molar-refractivity contribution in [1.82, 2.24) is 34.1 Å². The Balaban J connectivity index is 1.71. The molecule has 11 nitrogen and oxygen atoms in total. The first kappa shape index (κ1) is 22.7. The van der Waals surface area contributed by atoms with E-state index in [1.165, 1.54) is 10.9 Å². The van der Waals surface area contributed by atoms with Crippen molar-refractivity contribution in [3.63, 3.8) is 0 Å². The largest absolute Gasteiger partial charge is 0.493 e. The van der Waals surface area contributed by atoms with E-state index in [1.54, 1.807) is 30.1 Å². The van der Waals surface area contributed by atoms with E-state index in [2.05, 4.69) is 25.2 Å². The van der Waals surface area contributed by atoms with Crippen molar-refractivity contribution in [3.05, 3.63) is 41.4 Å². The lowest BCUT2D eigenvalue weighted by Gasteiger charge is -2.11. The minimum atomic E-state index is -1.15. The van der Waals surface area contributed by atoms with E-state index in [9.17, 15) is 15.3 Å². The van der Waals surface area contributed by atoms with Crippen LogP contribution in [-0.2, 0) is 20.6 Å². The molecule has 0 amide bonds. The number of imidazole rings is 1. The van der Waals surface area contributed by atoms with Gasteiger partial charge in [-0.05, 0) is 37.8 Å².